The van der Waals surface area contributed by atoms with E-state index in [1.807, 2.05) is 0 Å². The third-order valence-corrected chi connectivity index (χ3v) is 3.84. The zero-order valence-electron chi connectivity index (χ0n) is 12.5. The molecule has 4 heteroatoms. The van der Waals surface area contributed by atoms with Gasteiger partial charge in [-0.1, -0.05) is 30.3 Å². The Bertz CT molecular complexity index is 372. The number of nitrogens with zero attached hydrogens (tertiary/aromatic N) is 1. The molecule has 1 aliphatic heterocycles. The smallest absolute Gasteiger partial charge is 0.0928 e. The van der Waals surface area contributed by atoms with Crippen LogP contribution in [-0.4, -0.2) is 57.5 Å². The topological polar surface area (TPSA) is 33.7 Å². The lowest BCUT2D eigenvalue weighted by Crippen LogP contribution is -2.39. The van der Waals surface area contributed by atoms with E-state index in [-0.39, 0.29) is 6.10 Å². The highest BCUT2D eigenvalue weighted by Crippen LogP contribution is 2.13. The van der Waals surface area contributed by atoms with E-state index in [1.54, 1.807) is 14.2 Å². The molecule has 0 saturated carbocycles. The first-order chi connectivity index (χ1) is 9.81. The Labute approximate surface area is 122 Å². The molecule has 1 N–H and O–H groups in total. The Hall–Kier alpha value is -0.940. The lowest BCUT2D eigenvalue weighted by molar-refractivity contribution is 0.0275. The van der Waals surface area contributed by atoms with Gasteiger partial charge in [0.1, 0.15) is 0 Å². The maximum Gasteiger partial charge on any atom is 0.0928 e. The summed E-state index contributed by atoms with van der Waals surface area (Å²) in [5, 5.41) is 3.59. The summed E-state index contributed by atoms with van der Waals surface area (Å²) < 4.78 is 10.5. The molecule has 0 aliphatic carbocycles. The highest BCUT2D eigenvalue weighted by molar-refractivity contribution is 5.14. The van der Waals surface area contributed by atoms with E-state index in [0.717, 1.165) is 26.2 Å². The molecule has 2 rings (SSSR count). The van der Waals surface area contributed by atoms with E-state index in [1.165, 1.54) is 12.0 Å². The van der Waals surface area contributed by atoms with Gasteiger partial charge in [-0.2, -0.15) is 0 Å². The minimum Gasteiger partial charge on any atom is -0.382 e. The molecule has 2 unspecified atom stereocenters. The molecule has 0 radical (unpaired) electrons. The number of hydrogen-bond donors (Lipinski definition) is 1. The fourth-order valence-corrected chi connectivity index (χ4v) is 2.68. The number of benzene rings is 1. The standard InChI is InChI=1S/C16H26N2O2/c1-19-13-16(20-2)10-17-15-8-9-18(12-15)11-14-6-4-3-5-7-14/h3-7,15-17H,8-13H2,1-2H3. The van der Waals surface area contributed by atoms with Crippen molar-refractivity contribution in [3.63, 3.8) is 0 Å². The molecule has 2 atom stereocenters. The first-order valence-electron chi connectivity index (χ1n) is 7.33. The number of nitrogens with one attached hydrogen (secondary N) is 1. The Morgan fingerprint density at radius 2 is 2.10 bits per heavy atom. The zero-order valence-corrected chi connectivity index (χ0v) is 12.5. The second kappa shape index (κ2) is 8.37. The molecular weight excluding hydrogens is 252 g/mol. The first-order valence-corrected chi connectivity index (χ1v) is 7.33. The Balaban J connectivity index is 1.70. The van der Waals surface area contributed by atoms with Crippen molar-refractivity contribution in [3.8, 4) is 0 Å². The second-order valence-corrected chi connectivity index (χ2v) is 5.43. The van der Waals surface area contributed by atoms with Gasteiger partial charge in [-0.05, 0) is 12.0 Å². The van der Waals surface area contributed by atoms with Gasteiger partial charge in [0.05, 0.1) is 12.7 Å². The molecule has 1 heterocycles. The Kier molecular flexibility index (Phi) is 6.47. The van der Waals surface area contributed by atoms with E-state index >= 15 is 0 Å². The van der Waals surface area contributed by atoms with Gasteiger partial charge in [0.25, 0.3) is 0 Å². The van der Waals surface area contributed by atoms with Gasteiger partial charge >= 0.3 is 0 Å². The fraction of sp³-hybridized carbons (Fsp3) is 0.625. The van der Waals surface area contributed by atoms with Crippen molar-refractivity contribution in [2.24, 2.45) is 0 Å². The number of ether oxygens (including phenoxy) is 2. The van der Waals surface area contributed by atoms with Gasteiger partial charge in [-0.25, -0.2) is 0 Å². The van der Waals surface area contributed by atoms with Gasteiger partial charge in [0.2, 0.25) is 0 Å². The van der Waals surface area contributed by atoms with E-state index < -0.39 is 0 Å². The van der Waals surface area contributed by atoms with Crippen molar-refractivity contribution in [2.45, 2.75) is 25.1 Å². The summed E-state index contributed by atoms with van der Waals surface area (Å²) >= 11 is 0. The first kappa shape index (κ1) is 15.4. The minimum absolute atomic E-state index is 0.142. The van der Waals surface area contributed by atoms with Gasteiger partial charge < -0.3 is 14.8 Å². The molecule has 112 valence electrons. The summed E-state index contributed by atoms with van der Waals surface area (Å²) in [6.45, 7) is 4.82. The lowest BCUT2D eigenvalue weighted by atomic mass is 10.2. The number of rotatable bonds is 8. The van der Waals surface area contributed by atoms with E-state index in [9.17, 15) is 0 Å². The molecule has 0 bridgehead atoms. The number of likely N-dealkylation sites (tertiary alicyclic amines) is 1. The van der Waals surface area contributed by atoms with Crippen LogP contribution in [0.5, 0.6) is 0 Å². The monoisotopic (exact) mass is 278 g/mol. The Morgan fingerprint density at radius 1 is 1.30 bits per heavy atom. The van der Waals surface area contributed by atoms with Crippen LogP contribution in [0.3, 0.4) is 0 Å². The largest absolute Gasteiger partial charge is 0.382 e. The van der Waals surface area contributed by atoms with E-state index in [2.05, 4.69) is 40.5 Å². The van der Waals surface area contributed by atoms with Crippen LogP contribution in [0.25, 0.3) is 0 Å². The maximum atomic E-state index is 5.37. The molecule has 4 nitrogen and oxygen atoms in total. The second-order valence-electron chi connectivity index (χ2n) is 5.43. The van der Waals surface area contributed by atoms with E-state index in [4.69, 9.17) is 9.47 Å². The summed E-state index contributed by atoms with van der Waals surface area (Å²) in [6, 6.07) is 11.2. The molecule has 1 fully saturated rings. The van der Waals surface area contributed by atoms with Crippen LogP contribution in [0, 0.1) is 0 Å². The van der Waals surface area contributed by atoms with Crippen LogP contribution in [0.15, 0.2) is 30.3 Å². The minimum atomic E-state index is 0.142. The highest BCUT2D eigenvalue weighted by atomic mass is 16.5. The predicted molar refractivity (Wildman–Crippen MR) is 80.8 cm³/mol. The summed E-state index contributed by atoms with van der Waals surface area (Å²) in [7, 11) is 3.45. The van der Waals surface area contributed by atoms with Crippen molar-refractivity contribution in [1.29, 1.82) is 0 Å². The number of hydrogen-bond acceptors (Lipinski definition) is 4. The van der Waals surface area contributed by atoms with Crippen molar-refractivity contribution in [2.75, 3.05) is 40.5 Å². The van der Waals surface area contributed by atoms with Crippen LogP contribution in [0.4, 0.5) is 0 Å². The van der Waals surface area contributed by atoms with Crippen molar-refractivity contribution >= 4 is 0 Å². The van der Waals surface area contributed by atoms with Crippen molar-refractivity contribution < 1.29 is 9.47 Å². The zero-order chi connectivity index (χ0) is 14.2. The lowest BCUT2D eigenvalue weighted by Gasteiger charge is -2.19. The third kappa shape index (κ3) is 4.87. The molecule has 1 aromatic carbocycles. The fourth-order valence-electron chi connectivity index (χ4n) is 2.68. The van der Waals surface area contributed by atoms with Gasteiger partial charge in [0.15, 0.2) is 0 Å². The summed E-state index contributed by atoms with van der Waals surface area (Å²) in [5.74, 6) is 0. The van der Waals surface area contributed by atoms with Crippen molar-refractivity contribution in [1.82, 2.24) is 10.2 Å². The van der Waals surface area contributed by atoms with Crippen molar-refractivity contribution in [3.05, 3.63) is 35.9 Å². The normalized spacial score (nSPS) is 21.2. The maximum absolute atomic E-state index is 5.37. The highest BCUT2D eigenvalue weighted by Gasteiger charge is 2.22. The predicted octanol–water partition coefficient (Wildman–Crippen LogP) is 1.51. The summed E-state index contributed by atoms with van der Waals surface area (Å²) in [4.78, 5) is 2.51. The molecule has 20 heavy (non-hydrogen) atoms. The molecule has 1 aliphatic rings. The average Bonchev–Trinajstić information content (AvgIpc) is 2.92. The molecule has 1 saturated heterocycles. The molecular formula is C16H26N2O2. The summed E-state index contributed by atoms with van der Waals surface area (Å²) in [5.41, 5.74) is 1.39. The third-order valence-electron chi connectivity index (χ3n) is 3.84. The van der Waals surface area contributed by atoms with E-state index in [0.29, 0.717) is 12.6 Å². The van der Waals surface area contributed by atoms with Gasteiger partial charge in [-0.15, -0.1) is 0 Å². The molecule has 1 aromatic rings. The van der Waals surface area contributed by atoms with Crippen LogP contribution in [0.2, 0.25) is 0 Å². The Morgan fingerprint density at radius 3 is 2.80 bits per heavy atom. The molecule has 0 aromatic heterocycles. The van der Waals surface area contributed by atoms with Crippen LogP contribution >= 0.6 is 0 Å². The number of methoxy groups -OCH3 is 2. The molecule has 0 amide bonds. The van der Waals surface area contributed by atoms with Crippen LogP contribution in [-0.2, 0) is 16.0 Å². The summed E-state index contributed by atoms with van der Waals surface area (Å²) in [6.07, 6.45) is 1.35. The van der Waals surface area contributed by atoms with Crippen LogP contribution in [0.1, 0.15) is 12.0 Å². The van der Waals surface area contributed by atoms with Crippen LogP contribution < -0.4 is 5.32 Å². The average molecular weight is 278 g/mol. The van der Waals surface area contributed by atoms with Gasteiger partial charge in [-0.3, -0.25) is 4.90 Å². The quantitative estimate of drug-likeness (QED) is 0.781. The van der Waals surface area contributed by atoms with Gasteiger partial charge in [0, 0.05) is 46.4 Å². The molecule has 0 spiro atoms. The SMILES string of the molecule is COCC(CNC1CCN(Cc2ccccc2)C1)OC.